The number of rotatable bonds is 2. The molecule has 0 bridgehead atoms. The van der Waals surface area contributed by atoms with E-state index in [-0.39, 0.29) is 24.8 Å². The van der Waals surface area contributed by atoms with Gasteiger partial charge in [0.05, 0.1) is 17.5 Å². The van der Waals surface area contributed by atoms with Crippen molar-refractivity contribution in [3.8, 4) is 22.1 Å². The minimum atomic E-state index is 0. The van der Waals surface area contributed by atoms with Crippen molar-refractivity contribution in [2.24, 2.45) is 0 Å². The van der Waals surface area contributed by atoms with E-state index in [2.05, 4.69) is 38.5 Å². The normalized spacial score (nSPS) is 10.8. The van der Waals surface area contributed by atoms with E-state index < -0.39 is 0 Å². The topological polar surface area (TPSA) is 72.0 Å². The third kappa shape index (κ3) is 2.70. The van der Waals surface area contributed by atoms with E-state index in [1.165, 1.54) is 16.7 Å². The third-order valence-corrected chi connectivity index (χ3v) is 4.78. The van der Waals surface area contributed by atoms with Crippen molar-refractivity contribution in [2.75, 3.05) is 0 Å². The molecule has 5 rings (SSSR count). The van der Waals surface area contributed by atoms with Crippen molar-refractivity contribution in [2.45, 2.75) is 6.92 Å². The largest absolute Gasteiger partial charge is 0.469 e. The molecular weight excluding hydrogens is 381 g/mol. The van der Waals surface area contributed by atoms with Gasteiger partial charge in [-0.25, -0.2) is 0 Å². The predicted molar refractivity (Wildman–Crippen MR) is 103 cm³/mol. The van der Waals surface area contributed by atoms with Crippen LogP contribution in [0.2, 0.25) is 0 Å². The fraction of sp³-hybridized carbons (Fsp3) is 0.0625. The molecule has 4 heterocycles. The van der Waals surface area contributed by atoms with Crippen LogP contribution in [0.4, 0.5) is 0 Å². The summed E-state index contributed by atoms with van der Waals surface area (Å²) in [5.41, 5.74) is 2.99. The van der Waals surface area contributed by atoms with Crippen LogP contribution in [0.1, 0.15) is 5.76 Å². The zero-order valence-electron chi connectivity index (χ0n) is 13.0. The highest BCUT2D eigenvalue weighted by molar-refractivity contribution is 7.19. The van der Waals surface area contributed by atoms with Crippen LogP contribution in [0, 0.1) is 6.92 Å². The summed E-state index contributed by atoms with van der Waals surface area (Å²) in [6.45, 7) is 1.90. The van der Waals surface area contributed by atoms with Gasteiger partial charge in [0.25, 0.3) is 0 Å². The Bertz CT molecular complexity index is 1120. The smallest absolute Gasteiger partial charge is 0.235 e. The van der Waals surface area contributed by atoms with E-state index in [4.69, 9.17) is 4.42 Å². The molecule has 1 N–H and O–H groups in total. The maximum Gasteiger partial charge on any atom is 0.235 e. The maximum absolute atomic E-state index is 5.36. The molecule has 0 aliphatic rings. The van der Waals surface area contributed by atoms with Crippen LogP contribution in [-0.4, -0.2) is 24.8 Å². The molecule has 6 nitrogen and oxygen atoms in total. The second kappa shape index (κ2) is 6.51. The number of halogens is 2. The average Bonchev–Trinajstić information content (AvgIpc) is 3.28. The number of fused-ring (bicyclic) bond motifs is 2. The lowest BCUT2D eigenvalue weighted by Crippen LogP contribution is -1.91. The van der Waals surface area contributed by atoms with E-state index in [1.54, 1.807) is 10.8 Å². The number of aryl methyl sites for hydroxylation is 1. The monoisotopic (exact) mass is 393 g/mol. The molecule has 0 unspecified atom stereocenters. The molecular formula is C16H13Cl2N5OS. The van der Waals surface area contributed by atoms with Gasteiger partial charge in [0.2, 0.25) is 4.96 Å². The van der Waals surface area contributed by atoms with Crippen LogP contribution in [0.3, 0.4) is 0 Å². The Labute approximate surface area is 158 Å². The lowest BCUT2D eigenvalue weighted by atomic mass is 10.2. The van der Waals surface area contributed by atoms with Crippen molar-refractivity contribution in [1.82, 2.24) is 24.8 Å². The summed E-state index contributed by atoms with van der Waals surface area (Å²) in [5, 5.41) is 15.2. The third-order valence-electron chi connectivity index (χ3n) is 3.85. The van der Waals surface area contributed by atoms with Crippen molar-refractivity contribution in [3.63, 3.8) is 0 Å². The summed E-state index contributed by atoms with van der Waals surface area (Å²) in [6.07, 6.45) is 1.65. The summed E-state index contributed by atoms with van der Waals surface area (Å²) in [7, 11) is 0. The van der Waals surface area contributed by atoms with E-state index >= 15 is 0 Å². The van der Waals surface area contributed by atoms with E-state index in [9.17, 15) is 0 Å². The van der Waals surface area contributed by atoms with Gasteiger partial charge in [-0.15, -0.1) is 35.0 Å². The van der Waals surface area contributed by atoms with Gasteiger partial charge in [-0.3, -0.25) is 0 Å². The van der Waals surface area contributed by atoms with Crippen LogP contribution < -0.4 is 0 Å². The molecule has 4 aromatic heterocycles. The number of nitrogens with one attached hydrogen (secondary N) is 1. The number of aromatic nitrogens is 5. The number of aromatic amines is 1. The lowest BCUT2D eigenvalue weighted by Gasteiger charge is -1.93. The van der Waals surface area contributed by atoms with Crippen molar-refractivity contribution < 1.29 is 4.42 Å². The van der Waals surface area contributed by atoms with Crippen molar-refractivity contribution in [1.29, 1.82) is 0 Å². The molecule has 25 heavy (non-hydrogen) atoms. The Balaban J connectivity index is 0.000000911. The summed E-state index contributed by atoms with van der Waals surface area (Å²) in [6, 6.07) is 12.2. The van der Waals surface area contributed by atoms with Crippen LogP contribution in [0.15, 0.2) is 47.1 Å². The molecule has 0 spiro atoms. The highest BCUT2D eigenvalue weighted by Crippen LogP contribution is 2.30. The Morgan fingerprint density at radius 2 is 1.96 bits per heavy atom. The second-order valence-electron chi connectivity index (χ2n) is 5.29. The Morgan fingerprint density at radius 3 is 2.72 bits per heavy atom. The molecule has 0 saturated heterocycles. The van der Waals surface area contributed by atoms with Crippen LogP contribution in [-0.2, 0) is 0 Å². The molecule has 0 aliphatic heterocycles. The zero-order chi connectivity index (χ0) is 15.4. The number of hydrogen-bond donors (Lipinski definition) is 1. The fourth-order valence-corrected chi connectivity index (χ4v) is 3.51. The van der Waals surface area contributed by atoms with Crippen molar-refractivity contribution in [3.05, 3.63) is 48.4 Å². The molecule has 0 amide bonds. The molecule has 0 atom stereocenters. The minimum absolute atomic E-state index is 0. The first kappa shape index (κ1) is 17.5. The Hall–Kier alpha value is -2.35. The molecule has 5 aromatic rings. The van der Waals surface area contributed by atoms with Gasteiger partial charge in [0, 0.05) is 10.9 Å². The average molecular weight is 394 g/mol. The number of nitrogens with zero attached hydrogens (tertiary/aromatic N) is 4. The summed E-state index contributed by atoms with van der Waals surface area (Å²) in [4.78, 5) is 4.15. The van der Waals surface area contributed by atoms with Gasteiger partial charge >= 0.3 is 0 Å². The first-order chi connectivity index (χ1) is 11.3. The van der Waals surface area contributed by atoms with Gasteiger partial charge in [0.1, 0.15) is 5.76 Å². The summed E-state index contributed by atoms with van der Waals surface area (Å²) >= 11 is 1.51. The highest BCUT2D eigenvalue weighted by Gasteiger charge is 2.17. The van der Waals surface area contributed by atoms with Crippen molar-refractivity contribution >= 4 is 52.0 Å². The van der Waals surface area contributed by atoms with Gasteiger partial charge in [-0.2, -0.15) is 9.61 Å². The molecule has 128 valence electrons. The zero-order valence-corrected chi connectivity index (χ0v) is 15.4. The first-order valence-electron chi connectivity index (χ1n) is 7.14. The number of H-pyrrole nitrogens is 1. The standard InChI is InChI=1S/C16H11N5OS.2ClH/c1-9-11(6-7-22-9)14-18-19-16-21(14)20-15(23-16)13-8-10-4-2-3-5-12(10)17-13;;/h2-8,17H,1H3;2*1H. The van der Waals surface area contributed by atoms with Gasteiger partial charge in [-0.05, 0) is 25.1 Å². The summed E-state index contributed by atoms with van der Waals surface area (Å²) < 4.78 is 7.12. The molecule has 0 aliphatic carbocycles. The van der Waals surface area contributed by atoms with E-state index in [1.807, 2.05) is 25.1 Å². The molecule has 0 saturated carbocycles. The number of para-hydroxylation sites is 1. The second-order valence-corrected chi connectivity index (χ2v) is 6.24. The predicted octanol–water partition coefficient (Wildman–Crippen LogP) is 4.75. The molecule has 0 radical (unpaired) electrons. The Morgan fingerprint density at radius 1 is 1.12 bits per heavy atom. The maximum atomic E-state index is 5.36. The number of furan rings is 1. The minimum Gasteiger partial charge on any atom is -0.469 e. The van der Waals surface area contributed by atoms with Gasteiger partial charge < -0.3 is 9.40 Å². The van der Waals surface area contributed by atoms with Gasteiger partial charge in [-0.1, -0.05) is 29.5 Å². The quantitative estimate of drug-likeness (QED) is 0.469. The SMILES string of the molecule is Cc1occc1-c1nnc2sc(-c3cc4ccccc4[nH]3)nn12.Cl.Cl. The number of benzene rings is 1. The van der Waals surface area contributed by atoms with E-state index in [0.29, 0.717) is 5.82 Å². The molecule has 1 aromatic carbocycles. The van der Waals surface area contributed by atoms with E-state index in [0.717, 1.165) is 32.5 Å². The van der Waals surface area contributed by atoms with Crippen LogP contribution >= 0.6 is 36.2 Å². The molecule has 9 heteroatoms. The summed E-state index contributed by atoms with van der Waals surface area (Å²) in [5.74, 6) is 1.50. The van der Waals surface area contributed by atoms with Crippen LogP contribution in [0.25, 0.3) is 38.0 Å². The lowest BCUT2D eigenvalue weighted by molar-refractivity contribution is 0.535. The van der Waals surface area contributed by atoms with Gasteiger partial charge in [0.15, 0.2) is 10.8 Å². The highest BCUT2D eigenvalue weighted by atomic mass is 35.5. The fourth-order valence-electron chi connectivity index (χ4n) is 2.70. The van der Waals surface area contributed by atoms with Crippen LogP contribution in [0.5, 0.6) is 0 Å². The molecule has 0 fully saturated rings. The first-order valence-corrected chi connectivity index (χ1v) is 7.96. The number of hydrogen-bond acceptors (Lipinski definition) is 5. The Kier molecular flexibility index (Phi) is 4.55.